The molecule has 0 atom stereocenters. The molecule has 0 bridgehead atoms. The topological polar surface area (TPSA) is 89.4 Å². The van der Waals surface area contributed by atoms with Gasteiger partial charge < -0.3 is 10.6 Å². The summed E-state index contributed by atoms with van der Waals surface area (Å²) in [6, 6.07) is 10.3. The number of anilines is 3. The third kappa shape index (κ3) is 3.32. The van der Waals surface area contributed by atoms with Crippen molar-refractivity contribution in [2.75, 3.05) is 17.2 Å². The molecule has 0 unspecified atom stereocenters. The van der Waals surface area contributed by atoms with E-state index in [-0.39, 0.29) is 10.6 Å². The average Bonchev–Trinajstić information content (AvgIpc) is 2.40. The van der Waals surface area contributed by atoms with Crippen LogP contribution in [0.15, 0.2) is 47.4 Å². The SMILES string of the molecule is CCN(c1cccc(F)c1)c1ccc(N)cc1S(N)(=O)=O. The Labute approximate surface area is 123 Å². The van der Waals surface area contributed by atoms with Crippen molar-refractivity contribution in [2.24, 2.45) is 5.14 Å². The fourth-order valence-corrected chi connectivity index (χ4v) is 2.89. The summed E-state index contributed by atoms with van der Waals surface area (Å²) in [5.41, 5.74) is 6.82. The second kappa shape index (κ2) is 5.71. The second-order valence-electron chi connectivity index (χ2n) is 4.50. The molecule has 112 valence electrons. The lowest BCUT2D eigenvalue weighted by molar-refractivity contribution is 0.598. The van der Waals surface area contributed by atoms with E-state index < -0.39 is 15.8 Å². The lowest BCUT2D eigenvalue weighted by Crippen LogP contribution is -2.22. The molecule has 0 aliphatic rings. The molecule has 0 aromatic heterocycles. The molecule has 0 radical (unpaired) electrons. The molecule has 0 aliphatic carbocycles. The predicted octanol–water partition coefficient (Wildman–Crippen LogP) is 2.21. The molecule has 0 saturated heterocycles. The highest BCUT2D eigenvalue weighted by Gasteiger charge is 2.19. The van der Waals surface area contributed by atoms with Crippen molar-refractivity contribution in [2.45, 2.75) is 11.8 Å². The summed E-state index contributed by atoms with van der Waals surface area (Å²) >= 11 is 0. The maximum Gasteiger partial charge on any atom is 0.240 e. The molecular formula is C14H16FN3O2S. The van der Waals surface area contributed by atoms with E-state index in [2.05, 4.69) is 0 Å². The monoisotopic (exact) mass is 309 g/mol. The zero-order valence-corrected chi connectivity index (χ0v) is 12.3. The first-order valence-electron chi connectivity index (χ1n) is 6.28. The predicted molar refractivity (Wildman–Crippen MR) is 81.3 cm³/mol. The zero-order valence-electron chi connectivity index (χ0n) is 11.5. The molecule has 0 heterocycles. The van der Waals surface area contributed by atoms with E-state index in [4.69, 9.17) is 10.9 Å². The highest BCUT2D eigenvalue weighted by Crippen LogP contribution is 2.32. The van der Waals surface area contributed by atoms with Crippen LogP contribution >= 0.6 is 0 Å². The molecule has 2 rings (SSSR count). The first kappa shape index (κ1) is 15.3. The van der Waals surface area contributed by atoms with E-state index in [0.717, 1.165) is 0 Å². The van der Waals surface area contributed by atoms with Crippen LogP contribution in [0.25, 0.3) is 0 Å². The average molecular weight is 309 g/mol. The molecule has 2 aromatic rings. The van der Waals surface area contributed by atoms with Crippen LogP contribution in [-0.2, 0) is 10.0 Å². The fraction of sp³-hybridized carbons (Fsp3) is 0.143. The van der Waals surface area contributed by atoms with Gasteiger partial charge in [-0.15, -0.1) is 0 Å². The number of rotatable bonds is 4. The van der Waals surface area contributed by atoms with Gasteiger partial charge in [0.05, 0.1) is 5.69 Å². The van der Waals surface area contributed by atoms with Crippen LogP contribution in [0.5, 0.6) is 0 Å². The molecule has 0 fully saturated rings. The number of hydrogen-bond donors (Lipinski definition) is 2. The van der Waals surface area contributed by atoms with Gasteiger partial charge >= 0.3 is 0 Å². The summed E-state index contributed by atoms with van der Waals surface area (Å²) in [7, 11) is -3.94. The summed E-state index contributed by atoms with van der Waals surface area (Å²) in [4.78, 5) is 1.57. The van der Waals surface area contributed by atoms with E-state index in [1.807, 2.05) is 6.92 Å². The normalized spacial score (nSPS) is 11.4. The number of nitrogens with two attached hydrogens (primary N) is 2. The largest absolute Gasteiger partial charge is 0.399 e. The van der Waals surface area contributed by atoms with Crippen molar-refractivity contribution < 1.29 is 12.8 Å². The van der Waals surface area contributed by atoms with Crippen LogP contribution in [-0.4, -0.2) is 15.0 Å². The maximum atomic E-state index is 13.4. The van der Waals surface area contributed by atoms with Crippen molar-refractivity contribution in [1.29, 1.82) is 0 Å². The fourth-order valence-electron chi connectivity index (χ4n) is 2.12. The van der Waals surface area contributed by atoms with Gasteiger partial charge in [0.15, 0.2) is 0 Å². The van der Waals surface area contributed by atoms with Gasteiger partial charge in [0.2, 0.25) is 10.0 Å². The first-order valence-corrected chi connectivity index (χ1v) is 7.83. The van der Waals surface area contributed by atoms with Gasteiger partial charge in [0, 0.05) is 17.9 Å². The molecule has 5 nitrogen and oxygen atoms in total. The van der Waals surface area contributed by atoms with Gasteiger partial charge in [-0.2, -0.15) is 0 Å². The summed E-state index contributed by atoms with van der Waals surface area (Å²) < 4.78 is 36.9. The minimum absolute atomic E-state index is 0.0892. The number of benzene rings is 2. The van der Waals surface area contributed by atoms with E-state index in [9.17, 15) is 12.8 Å². The zero-order chi connectivity index (χ0) is 15.6. The number of primary sulfonamides is 1. The molecule has 7 heteroatoms. The van der Waals surface area contributed by atoms with Gasteiger partial charge in [-0.25, -0.2) is 17.9 Å². The third-order valence-corrected chi connectivity index (χ3v) is 3.96. The number of sulfonamides is 1. The Hall–Kier alpha value is -2.12. The number of hydrogen-bond acceptors (Lipinski definition) is 4. The second-order valence-corrected chi connectivity index (χ2v) is 6.03. The molecule has 0 aliphatic heterocycles. The standard InChI is InChI=1S/C14H16FN3O2S/c1-2-18(12-5-3-4-10(15)8-12)13-7-6-11(16)9-14(13)21(17,19)20/h3-9H,2,16H2,1H3,(H2,17,19,20). The number of nitrogen functional groups attached to an aromatic ring is 1. The third-order valence-electron chi connectivity index (χ3n) is 3.02. The number of nitrogens with zero attached hydrogens (tertiary/aromatic N) is 1. The van der Waals surface area contributed by atoms with Crippen molar-refractivity contribution >= 4 is 27.1 Å². The van der Waals surface area contributed by atoms with Gasteiger partial charge in [0.1, 0.15) is 10.7 Å². The van der Waals surface area contributed by atoms with Crippen molar-refractivity contribution in [3.8, 4) is 0 Å². The molecule has 0 spiro atoms. The van der Waals surface area contributed by atoms with Crippen LogP contribution in [0.2, 0.25) is 0 Å². The molecule has 4 N–H and O–H groups in total. The lowest BCUT2D eigenvalue weighted by atomic mass is 10.2. The maximum absolute atomic E-state index is 13.4. The van der Waals surface area contributed by atoms with Crippen molar-refractivity contribution in [3.63, 3.8) is 0 Å². The van der Waals surface area contributed by atoms with E-state index in [1.165, 1.54) is 18.2 Å². The lowest BCUT2D eigenvalue weighted by Gasteiger charge is -2.25. The molecular weight excluding hydrogens is 293 g/mol. The summed E-state index contributed by atoms with van der Waals surface area (Å²) in [6.07, 6.45) is 0. The molecule has 21 heavy (non-hydrogen) atoms. The Morgan fingerprint density at radius 1 is 1.19 bits per heavy atom. The van der Waals surface area contributed by atoms with E-state index >= 15 is 0 Å². The Kier molecular flexibility index (Phi) is 4.15. The Balaban J connectivity index is 2.63. The van der Waals surface area contributed by atoms with E-state index in [0.29, 0.717) is 17.9 Å². The Morgan fingerprint density at radius 3 is 2.48 bits per heavy atom. The van der Waals surface area contributed by atoms with Crippen molar-refractivity contribution in [1.82, 2.24) is 0 Å². The molecule has 2 aromatic carbocycles. The smallest absolute Gasteiger partial charge is 0.240 e. The Morgan fingerprint density at radius 2 is 1.90 bits per heavy atom. The molecule has 0 saturated carbocycles. The van der Waals surface area contributed by atoms with Gasteiger partial charge in [0.25, 0.3) is 0 Å². The summed E-state index contributed by atoms with van der Waals surface area (Å²) in [5, 5.41) is 5.24. The molecule has 0 amide bonds. The minimum Gasteiger partial charge on any atom is -0.399 e. The highest BCUT2D eigenvalue weighted by molar-refractivity contribution is 7.89. The summed E-state index contributed by atoms with van der Waals surface area (Å²) in [6.45, 7) is 2.27. The minimum atomic E-state index is -3.94. The van der Waals surface area contributed by atoms with Crippen LogP contribution in [0, 0.1) is 5.82 Å². The van der Waals surface area contributed by atoms with Gasteiger partial charge in [-0.1, -0.05) is 6.07 Å². The Bertz CT molecular complexity index is 763. The first-order chi connectivity index (χ1) is 9.82. The van der Waals surface area contributed by atoms with Crippen molar-refractivity contribution in [3.05, 3.63) is 48.3 Å². The highest BCUT2D eigenvalue weighted by atomic mass is 32.2. The van der Waals surface area contributed by atoms with Crippen LogP contribution in [0.1, 0.15) is 6.92 Å². The van der Waals surface area contributed by atoms with Crippen LogP contribution in [0.4, 0.5) is 21.5 Å². The van der Waals surface area contributed by atoms with Gasteiger partial charge in [-0.3, -0.25) is 0 Å². The number of halogens is 1. The van der Waals surface area contributed by atoms with Gasteiger partial charge in [-0.05, 0) is 43.3 Å². The quantitative estimate of drug-likeness (QED) is 0.847. The van der Waals surface area contributed by atoms with Crippen LogP contribution < -0.4 is 15.8 Å². The summed E-state index contributed by atoms with van der Waals surface area (Å²) in [5.74, 6) is -0.404. The van der Waals surface area contributed by atoms with Crippen LogP contribution in [0.3, 0.4) is 0 Å². The van der Waals surface area contributed by atoms with E-state index in [1.54, 1.807) is 29.2 Å².